The summed E-state index contributed by atoms with van der Waals surface area (Å²) in [4.78, 5) is 20.9. The van der Waals surface area contributed by atoms with Crippen LogP contribution in [0.15, 0.2) is 187 Å². The lowest BCUT2D eigenvalue weighted by Gasteiger charge is -2.11. The molecule has 0 spiro atoms. The number of benzene rings is 6. The molecule has 0 aliphatic heterocycles. The van der Waals surface area contributed by atoms with E-state index in [2.05, 4.69) is 124 Å². The number of fused-ring (bicyclic) bond motifs is 9. The first kappa shape index (κ1) is 31.5. The molecule has 6 aromatic carbocycles. The van der Waals surface area contributed by atoms with Crippen LogP contribution in [-0.4, -0.2) is 29.1 Å². The topological polar surface area (TPSA) is 74.6 Å². The molecular weight excluding hydrogens is 701 g/mol. The second kappa shape index (κ2) is 12.3. The Bertz CT molecular complexity index is 3460. The normalized spacial score (nSPS) is 11.9. The Balaban J connectivity index is 1.22. The highest BCUT2D eigenvalue weighted by atomic mass is 16.3. The number of hydrogen-bond acceptors (Lipinski definition) is 5. The Morgan fingerprint density at radius 3 is 1.75 bits per heavy atom. The number of para-hydroxylation sites is 3. The molecule has 0 radical (unpaired) electrons. The highest BCUT2D eigenvalue weighted by Gasteiger charge is 2.25. The lowest BCUT2D eigenvalue weighted by molar-refractivity contribution is 0.669. The molecule has 0 aliphatic carbocycles. The smallest absolute Gasteiger partial charge is 0.180 e. The summed E-state index contributed by atoms with van der Waals surface area (Å²) in [5, 5.41) is 6.31. The van der Waals surface area contributed by atoms with Crippen molar-refractivity contribution in [3.8, 4) is 45.5 Å². The molecule has 57 heavy (non-hydrogen) atoms. The monoisotopic (exact) mass is 730 g/mol. The van der Waals surface area contributed by atoms with E-state index in [1.54, 1.807) is 0 Å². The van der Waals surface area contributed by atoms with Gasteiger partial charge in [0.2, 0.25) is 0 Å². The minimum Gasteiger partial charge on any atom is -0.456 e. The molecule has 12 aromatic rings. The molecule has 266 valence electrons. The largest absolute Gasteiger partial charge is 0.456 e. The van der Waals surface area contributed by atoms with E-state index in [-0.39, 0.29) is 0 Å². The minimum absolute atomic E-state index is 0.536. The zero-order chi connectivity index (χ0) is 37.5. The van der Waals surface area contributed by atoms with Crippen molar-refractivity contribution >= 4 is 65.6 Å². The molecule has 12 rings (SSSR count). The Morgan fingerprint density at radius 2 is 1.02 bits per heavy atom. The summed E-state index contributed by atoms with van der Waals surface area (Å²) in [6.45, 7) is 0. The highest BCUT2D eigenvalue weighted by Crippen LogP contribution is 2.43. The molecule has 0 aliphatic rings. The number of pyridine rings is 2. The quantitative estimate of drug-likeness (QED) is 0.176. The summed E-state index contributed by atoms with van der Waals surface area (Å²) in [6.07, 6.45) is 3.77. The van der Waals surface area contributed by atoms with E-state index >= 15 is 0 Å². The number of nitrogens with zero attached hydrogens (tertiary/aromatic N) is 6. The fourth-order valence-corrected chi connectivity index (χ4v) is 8.56. The number of hydrogen-bond donors (Lipinski definition) is 0. The Hall–Kier alpha value is -7.90. The average molecular weight is 731 g/mol. The van der Waals surface area contributed by atoms with Crippen LogP contribution in [0.25, 0.3) is 111 Å². The van der Waals surface area contributed by atoms with Gasteiger partial charge in [0.25, 0.3) is 0 Å². The molecule has 7 nitrogen and oxygen atoms in total. The maximum atomic E-state index is 6.47. The van der Waals surface area contributed by atoms with E-state index in [0.717, 1.165) is 99.6 Å². The van der Waals surface area contributed by atoms with Crippen LogP contribution < -0.4 is 0 Å². The summed E-state index contributed by atoms with van der Waals surface area (Å²) in [5.74, 6) is 1.32. The molecule has 0 N–H and O–H groups in total. The van der Waals surface area contributed by atoms with Gasteiger partial charge in [-0.25, -0.2) is 15.0 Å². The third-order valence-corrected chi connectivity index (χ3v) is 11.0. The molecular formula is C50H30N6O. The summed E-state index contributed by atoms with van der Waals surface area (Å²) in [5.41, 5.74) is 11.1. The predicted molar refractivity (Wildman–Crippen MR) is 230 cm³/mol. The average Bonchev–Trinajstić information content (AvgIpc) is 3.93. The van der Waals surface area contributed by atoms with Crippen LogP contribution in [0.4, 0.5) is 0 Å². The molecule has 0 amide bonds. The standard InChI is InChI=1S/C50H30N6O/c1-4-14-31(15-5-1)38-29-39(32-16-6-2-7-17-32)54-49(53-38)48-46-41(24-26-51-48)55(33-18-8-3-9-19-33)42-25-27-52-50(47(42)46)56-40-22-12-10-20-34(40)36-28-37-35-21-11-13-23-44(35)57-45(37)30-43(36)56/h1-30H. The molecule has 7 heteroatoms. The van der Waals surface area contributed by atoms with E-state index in [0.29, 0.717) is 11.5 Å². The second-order valence-corrected chi connectivity index (χ2v) is 14.3. The van der Waals surface area contributed by atoms with Crippen molar-refractivity contribution in [2.24, 2.45) is 0 Å². The summed E-state index contributed by atoms with van der Waals surface area (Å²) >= 11 is 0. The van der Waals surface area contributed by atoms with Crippen molar-refractivity contribution in [1.82, 2.24) is 29.1 Å². The molecule has 0 atom stereocenters. The SMILES string of the molecule is c1ccc(-c2cc(-c3ccccc3)nc(-c3nccc4c3c3c(-n5c6ccccc6c6cc7c(cc65)oc5ccccc57)nccc3n4-c3ccccc3)n2)cc1. The first-order valence-corrected chi connectivity index (χ1v) is 19.0. The Labute approximate surface area is 325 Å². The lowest BCUT2D eigenvalue weighted by atomic mass is 10.1. The van der Waals surface area contributed by atoms with Crippen molar-refractivity contribution < 1.29 is 4.42 Å². The highest BCUT2D eigenvalue weighted by molar-refractivity contribution is 6.21. The fourth-order valence-electron chi connectivity index (χ4n) is 8.56. The van der Waals surface area contributed by atoms with Gasteiger partial charge in [-0.15, -0.1) is 0 Å². The van der Waals surface area contributed by atoms with E-state index in [1.807, 2.05) is 67.0 Å². The van der Waals surface area contributed by atoms with Gasteiger partial charge in [0, 0.05) is 62.2 Å². The van der Waals surface area contributed by atoms with Crippen LogP contribution >= 0.6 is 0 Å². The maximum absolute atomic E-state index is 6.47. The van der Waals surface area contributed by atoms with E-state index in [1.165, 1.54) is 0 Å². The third kappa shape index (κ3) is 4.79. The van der Waals surface area contributed by atoms with Gasteiger partial charge in [0.05, 0.1) is 38.8 Å². The van der Waals surface area contributed by atoms with Gasteiger partial charge in [-0.05, 0) is 48.5 Å². The molecule has 0 saturated heterocycles. The van der Waals surface area contributed by atoms with Crippen LogP contribution in [0, 0.1) is 0 Å². The zero-order valence-electron chi connectivity index (χ0n) is 30.4. The van der Waals surface area contributed by atoms with E-state index in [9.17, 15) is 0 Å². The molecule has 0 fully saturated rings. The van der Waals surface area contributed by atoms with Crippen molar-refractivity contribution in [2.45, 2.75) is 0 Å². The summed E-state index contributed by atoms with van der Waals surface area (Å²) < 4.78 is 11.1. The van der Waals surface area contributed by atoms with Gasteiger partial charge < -0.3 is 8.98 Å². The van der Waals surface area contributed by atoms with Gasteiger partial charge in [0.1, 0.15) is 22.7 Å². The van der Waals surface area contributed by atoms with Crippen molar-refractivity contribution in [1.29, 1.82) is 0 Å². The minimum atomic E-state index is 0.536. The second-order valence-electron chi connectivity index (χ2n) is 14.3. The molecule has 0 bridgehead atoms. The zero-order valence-corrected chi connectivity index (χ0v) is 30.4. The van der Waals surface area contributed by atoms with Crippen molar-refractivity contribution in [2.75, 3.05) is 0 Å². The van der Waals surface area contributed by atoms with Crippen molar-refractivity contribution in [3.05, 3.63) is 182 Å². The summed E-state index contributed by atoms with van der Waals surface area (Å²) in [7, 11) is 0. The molecule has 0 unspecified atom stereocenters. The van der Waals surface area contributed by atoms with Gasteiger partial charge in [-0.2, -0.15) is 0 Å². The number of aromatic nitrogens is 6. The predicted octanol–water partition coefficient (Wildman–Crippen LogP) is 12.4. The molecule has 6 heterocycles. The van der Waals surface area contributed by atoms with Gasteiger partial charge >= 0.3 is 0 Å². The first-order chi connectivity index (χ1) is 28.3. The van der Waals surface area contributed by atoms with Crippen LogP contribution in [-0.2, 0) is 0 Å². The Morgan fingerprint density at radius 1 is 0.404 bits per heavy atom. The van der Waals surface area contributed by atoms with Crippen LogP contribution in [0.1, 0.15) is 0 Å². The van der Waals surface area contributed by atoms with Gasteiger partial charge in [-0.3, -0.25) is 9.55 Å². The third-order valence-electron chi connectivity index (χ3n) is 11.0. The molecule has 6 aromatic heterocycles. The van der Waals surface area contributed by atoms with Crippen LogP contribution in [0.3, 0.4) is 0 Å². The van der Waals surface area contributed by atoms with Gasteiger partial charge in [-0.1, -0.05) is 115 Å². The molecule has 0 saturated carbocycles. The van der Waals surface area contributed by atoms with Gasteiger partial charge in [0.15, 0.2) is 5.82 Å². The van der Waals surface area contributed by atoms with Crippen LogP contribution in [0.2, 0.25) is 0 Å². The number of furan rings is 1. The summed E-state index contributed by atoms with van der Waals surface area (Å²) in [6, 6.07) is 58.4. The Kier molecular flexibility index (Phi) is 6.79. The maximum Gasteiger partial charge on any atom is 0.180 e. The van der Waals surface area contributed by atoms with Crippen molar-refractivity contribution in [3.63, 3.8) is 0 Å². The number of rotatable bonds is 5. The van der Waals surface area contributed by atoms with E-state index in [4.69, 9.17) is 24.4 Å². The fraction of sp³-hybridized carbons (Fsp3) is 0. The lowest BCUT2D eigenvalue weighted by Crippen LogP contribution is -2.00. The first-order valence-electron chi connectivity index (χ1n) is 19.0. The van der Waals surface area contributed by atoms with Crippen LogP contribution in [0.5, 0.6) is 0 Å². The van der Waals surface area contributed by atoms with E-state index < -0.39 is 0 Å².